The molecule has 0 N–H and O–H groups in total. The van der Waals surface area contributed by atoms with Crippen molar-refractivity contribution < 1.29 is 4.79 Å². The van der Waals surface area contributed by atoms with Gasteiger partial charge in [0.15, 0.2) is 5.78 Å². The second-order valence-electron chi connectivity index (χ2n) is 5.01. The fourth-order valence-electron chi connectivity index (χ4n) is 3.20. The van der Waals surface area contributed by atoms with Gasteiger partial charge in [0.05, 0.1) is 6.54 Å². The van der Waals surface area contributed by atoms with E-state index in [1.54, 1.807) is 0 Å². The maximum atomic E-state index is 11.9. The van der Waals surface area contributed by atoms with Crippen molar-refractivity contribution in [3.05, 3.63) is 0 Å². The molecule has 2 aliphatic heterocycles. The molecule has 0 aromatic carbocycles. The van der Waals surface area contributed by atoms with E-state index >= 15 is 0 Å². The summed E-state index contributed by atoms with van der Waals surface area (Å²) < 4.78 is 0. The molecule has 3 atom stereocenters. The minimum absolute atomic E-state index is 0.306. The van der Waals surface area contributed by atoms with E-state index < -0.39 is 0 Å². The summed E-state index contributed by atoms with van der Waals surface area (Å²) in [6.45, 7) is 5.07. The third kappa shape index (κ3) is 1.59. The molecule has 0 aromatic heterocycles. The molecule has 2 saturated heterocycles. The predicted octanol–water partition coefficient (Wildman–Crippen LogP) is 0.457. The molecule has 2 fully saturated rings. The van der Waals surface area contributed by atoms with Crippen LogP contribution in [0.4, 0.5) is 0 Å². The van der Waals surface area contributed by atoms with Crippen molar-refractivity contribution in [3.63, 3.8) is 0 Å². The molecule has 2 aliphatic rings. The van der Waals surface area contributed by atoms with Crippen molar-refractivity contribution in [1.29, 1.82) is 0 Å². The van der Waals surface area contributed by atoms with E-state index in [0.717, 1.165) is 19.5 Å². The van der Waals surface area contributed by atoms with Crippen LogP contribution in [0.3, 0.4) is 0 Å². The van der Waals surface area contributed by atoms with E-state index in [1.807, 2.05) is 0 Å². The summed E-state index contributed by atoms with van der Waals surface area (Å²) in [6.07, 6.45) is 1.07. The van der Waals surface area contributed by atoms with Crippen LogP contribution >= 0.6 is 0 Å². The standard InChI is InChI=1S/C11H20N2O/c1-8-6-12(2)7-10(14)9-4-5-13(3)11(8)9/h8-9,11H,4-7H2,1-3H3/t8-,9?,11?/m0/s1. The smallest absolute Gasteiger partial charge is 0.151 e. The van der Waals surface area contributed by atoms with Gasteiger partial charge in [-0.1, -0.05) is 6.92 Å². The molecule has 0 spiro atoms. The molecule has 0 amide bonds. The topological polar surface area (TPSA) is 23.6 Å². The van der Waals surface area contributed by atoms with Gasteiger partial charge in [-0.2, -0.15) is 0 Å². The second kappa shape index (κ2) is 3.63. The lowest BCUT2D eigenvalue weighted by atomic mass is 9.89. The number of fused-ring (bicyclic) bond motifs is 1. The van der Waals surface area contributed by atoms with Gasteiger partial charge >= 0.3 is 0 Å². The Labute approximate surface area is 86.1 Å². The number of nitrogens with zero attached hydrogens (tertiary/aromatic N) is 2. The van der Waals surface area contributed by atoms with Gasteiger partial charge in [0, 0.05) is 18.5 Å². The van der Waals surface area contributed by atoms with E-state index in [-0.39, 0.29) is 0 Å². The summed E-state index contributed by atoms with van der Waals surface area (Å²) >= 11 is 0. The number of hydrogen-bond donors (Lipinski definition) is 0. The van der Waals surface area contributed by atoms with Crippen LogP contribution < -0.4 is 0 Å². The van der Waals surface area contributed by atoms with Gasteiger partial charge in [0.2, 0.25) is 0 Å². The van der Waals surface area contributed by atoms with E-state index in [1.165, 1.54) is 0 Å². The highest BCUT2D eigenvalue weighted by Gasteiger charge is 2.41. The Morgan fingerprint density at radius 3 is 2.79 bits per heavy atom. The molecule has 3 heteroatoms. The van der Waals surface area contributed by atoms with Crippen molar-refractivity contribution >= 4 is 5.78 Å². The zero-order valence-corrected chi connectivity index (χ0v) is 9.36. The third-order valence-electron chi connectivity index (χ3n) is 3.74. The van der Waals surface area contributed by atoms with Gasteiger partial charge in [0.1, 0.15) is 0 Å². The summed E-state index contributed by atoms with van der Waals surface area (Å²) in [6, 6.07) is 0.493. The number of likely N-dealkylation sites (tertiary alicyclic amines) is 2. The van der Waals surface area contributed by atoms with E-state index in [4.69, 9.17) is 0 Å². The van der Waals surface area contributed by atoms with E-state index in [2.05, 4.69) is 30.8 Å². The molecule has 2 unspecified atom stereocenters. The molecular formula is C11H20N2O. The van der Waals surface area contributed by atoms with Crippen LogP contribution in [0, 0.1) is 11.8 Å². The molecule has 14 heavy (non-hydrogen) atoms. The third-order valence-corrected chi connectivity index (χ3v) is 3.74. The molecular weight excluding hydrogens is 176 g/mol. The molecule has 2 heterocycles. The lowest BCUT2D eigenvalue weighted by Gasteiger charge is -2.28. The number of Topliss-reactive ketones (excluding diaryl/α,β-unsaturated/α-hetero) is 1. The highest BCUT2D eigenvalue weighted by Crippen LogP contribution is 2.31. The largest absolute Gasteiger partial charge is 0.302 e. The van der Waals surface area contributed by atoms with Gasteiger partial charge in [-0.3, -0.25) is 9.69 Å². The van der Waals surface area contributed by atoms with Crippen LogP contribution in [0.5, 0.6) is 0 Å². The number of rotatable bonds is 0. The van der Waals surface area contributed by atoms with Crippen LogP contribution in [0.2, 0.25) is 0 Å². The number of likely N-dealkylation sites (N-methyl/N-ethyl adjacent to an activating group) is 1. The predicted molar refractivity (Wildman–Crippen MR) is 56.2 cm³/mol. The average Bonchev–Trinajstić information content (AvgIpc) is 2.41. The zero-order chi connectivity index (χ0) is 10.3. The highest BCUT2D eigenvalue weighted by molar-refractivity contribution is 5.84. The molecule has 0 aromatic rings. The molecule has 0 bridgehead atoms. The van der Waals surface area contributed by atoms with Gasteiger partial charge in [0.25, 0.3) is 0 Å². The molecule has 2 rings (SSSR count). The molecule has 0 radical (unpaired) electrons. The first-order valence-electron chi connectivity index (χ1n) is 5.51. The molecule has 0 aliphatic carbocycles. The van der Waals surface area contributed by atoms with Crippen molar-refractivity contribution in [2.45, 2.75) is 19.4 Å². The fraction of sp³-hybridized carbons (Fsp3) is 0.909. The Morgan fingerprint density at radius 2 is 2.07 bits per heavy atom. The van der Waals surface area contributed by atoms with Crippen molar-refractivity contribution in [3.8, 4) is 0 Å². The fourth-order valence-corrected chi connectivity index (χ4v) is 3.20. The SMILES string of the molecule is C[C@H]1CN(C)CC(=O)C2CCN(C)C21. The van der Waals surface area contributed by atoms with Gasteiger partial charge in [-0.25, -0.2) is 0 Å². The summed E-state index contributed by atoms with van der Waals surface area (Å²) in [7, 11) is 4.20. The van der Waals surface area contributed by atoms with Crippen LogP contribution in [0.1, 0.15) is 13.3 Å². The highest BCUT2D eigenvalue weighted by atomic mass is 16.1. The first-order chi connectivity index (χ1) is 6.59. The van der Waals surface area contributed by atoms with Crippen LogP contribution in [-0.4, -0.2) is 55.4 Å². The van der Waals surface area contributed by atoms with E-state index in [0.29, 0.717) is 30.2 Å². The lowest BCUT2D eigenvalue weighted by Crippen LogP contribution is -2.38. The van der Waals surface area contributed by atoms with Crippen LogP contribution in [-0.2, 0) is 4.79 Å². The van der Waals surface area contributed by atoms with Gasteiger partial charge in [-0.05, 0) is 33.0 Å². The normalized spacial score (nSPS) is 41.1. The van der Waals surface area contributed by atoms with Crippen LogP contribution in [0.25, 0.3) is 0 Å². The summed E-state index contributed by atoms with van der Waals surface area (Å²) in [4.78, 5) is 16.5. The summed E-state index contributed by atoms with van der Waals surface area (Å²) in [5.41, 5.74) is 0. The number of carbonyl (C=O) groups excluding carboxylic acids is 1. The summed E-state index contributed by atoms with van der Waals surface area (Å²) in [5.74, 6) is 1.37. The second-order valence-corrected chi connectivity index (χ2v) is 5.01. The number of hydrogen-bond acceptors (Lipinski definition) is 3. The minimum Gasteiger partial charge on any atom is -0.302 e. The maximum absolute atomic E-state index is 11.9. The van der Waals surface area contributed by atoms with Crippen molar-refractivity contribution in [2.24, 2.45) is 11.8 Å². The maximum Gasteiger partial charge on any atom is 0.151 e. The monoisotopic (exact) mass is 196 g/mol. The molecule has 0 saturated carbocycles. The zero-order valence-electron chi connectivity index (χ0n) is 9.36. The first-order valence-corrected chi connectivity index (χ1v) is 5.51. The Kier molecular flexibility index (Phi) is 2.62. The van der Waals surface area contributed by atoms with Crippen molar-refractivity contribution in [1.82, 2.24) is 9.80 Å². The minimum atomic E-state index is 0.306. The Balaban J connectivity index is 2.21. The molecule has 3 nitrogen and oxygen atoms in total. The van der Waals surface area contributed by atoms with E-state index in [9.17, 15) is 4.79 Å². The van der Waals surface area contributed by atoms with Crippen LogP contribution in [0.15, 0.2) is 0 Å². The van der Waals surface area contributed by atoms with Crippen molar-refractivity contribution in [2.75, 3.05) is 33.7 Å². The number of ketones is 1. The summed E-state index contributed by atoms with van der Waals surface area (Å²) in [5, 5.41) is 0. The Hall–Kier alpha value is -0.410. The van der Waals surface area contributed by atoms with Gasteiger partial charge in [-0.15, -0.1) is 0 Å². The quantitative estimate of drug-likeness (QED) is 0.562. The molecule has 80 valence electrons. The Morgan fingerprint density at radius 1 is 1.36 bits per heavy atom. The average molecular weight is 196 g/mol. The van der Waals surface area contributed by atoms with Gasteiger partial charge < -0.3 is 4.90 Å². The Bertz CT molecular complexity index is 241. The first kappa shape index (κ1) is 10.1. The number of carbonyl (C=O) groups is 1. The lowest BCUT2D eigenvalue weighted by molar-refractivity contribution is -0.123.